The molecule has 0 spiro atoms. The minimum atomic E-state index is -3.01. The minimum Gasteiger partial charge on any atom is -0.471 e. The highest BCUT2D eigenvalue weighted by molar-refractivity contribution is 7.91. The van der Waals surface area contributed by atoms with E-state index in [0.29, 0.717) is 6.61 Å². The van der Waals surface area contributed by atoms with Crippen LogP contribution in [0.15, 0.2) is 0 Å². The number of nitrogens with one attached hydrogen (secondary N) is 1. The van der Waals surface area contributed by atoms with Crippen molar-refractivity contribution in [2.45, 2.75) is 18.3 Å². The fourth-order valence-corrected chi connectivity index (χ4v) is 4.08. The van der Waals surface area contributed by atoms with Gasteiger partial charge in [-0.3, -0.25) is 0 Å². The Morgan fingerprint density at radius 2 is 2.29 bits per heavy atom. The summed E-state index contributed by atoms with van der Waals surface area (Å²) >= 11 is 10.7. The molecule has 0 bridgehead atoms. The molecule has 7 heteroatoms. The summed E-state index contributed by atoms with van der Waals surface area (Å²) in [4.78, 5) is 0. The van der Waals surface area contributed by atoms with Crippen molar-refractivity contribution in [3.8, 4) is 0 Å². The Hall–Kier alpha value is -0.0700. The maximum absolute atomic E-state index is 11.2. The van der Waals surface area contributed by atoms with E-state index < -0.39 is 15.2 Å². The van der Waals surface area contributed by atoms with Crippen molar-refractivity contribution in [2.24, 2.45) is 0 Å². The summed E-state index contributed by atoms with van der Waals surface area (Å²) < 4.78 is 27.4. The van der Waals surface area contributed by atoms with Gasteiger partial charge >= 0.3 is 0 Å². The number of alkyl halides is 1. The zero-order valence-electron chi connectivity index (χ0n) is 7.70. The van der Waals surface area contributed by atoms with Crippen LogP contribution >= 0.6 is 23.8 Å². The summed E-state index contributed by atoms with van der Waals surface area (Å²) in [7, 11) is -3.01. The van der Waals surface area contributed by atoms with Crippen LogP contribution in [0.5, 0.6) is 0 Å². The zero-order chi connectivity index (χ0) is 10.8. The van der Waals surface area contributed by atoms with E-state index in [1.165, 1.54) is 0 Å². The quantitative estimate of drug-likeness (QED) is 0.570. The molecule has 4 nitrogen and oxygen atoms in total. The van der Waals surface area contributed by atoms with Gasteiger partial charge in [0.05, 0.1) is 29.5 Å². The van der Waals surface area contributed by atoms with Crippen LogP contribution in [-0.2, 0) is 14.6 Å². The van der Waals surface area contributed by atoms with Gasteiger partial charge in [-0.15, -0.1) is 11.6 Å². The average Bonchev–Trinajstić information content (AvgIpc) is 2.25. The first-order valence-corrected chi connectivity index (χ1v) is 6.89. The standard InChI is InChI=1S/C7H12ClNO3S2/c1-2-12-7(13)9-6-4-14(10,11)3-5(6)8/h5-6H,2-4H2,1H3,(H,9,13)/t5-,6+/m0/s1. The molecule has 0 aromatic rings. The van der Waals surface area contributed by atoms with Crippen LogP contribution in [0.2, 0.25) is 0 Å². The molecule has 1 aliphatic heterocycles. The van der Waals surface area contributed by atoms with Crippen molar-refractivity contribution < 1.29 is 13.2 Å². The molecule has 0 aromatic carbocycles. The molecule has 1 N–H and O–H groups in total. The van der Waals surface area contributed by atoms with Gasteiger partial charge in [0.2, 0.25) is 0 Å². The number of thiocarbonyl (C=S) groups is 1. The molecule has 0 aromatic heterocycles. The Labute approximate surface area is 93.9 Å². The number of ether oxygens (including phenoxy) is 1. The third-order valence-electron chi connectivity index (χ3n) is 1.86. The van der Waals surface area contributed by atoms with Gasteiger partial charge in [-0.2, -0.15) is 0 Å². The second-order valence-corrected chi connectivity index (χ2v) is 6.15. The van der Waals surface area contributed by atoms with Gasteiger partial charge in [-0.1, -0.05) is 0 Å². The molecule has 1 saturated heterocycles. The molecule has 1 aliphatic rings. The molecular formula is C7H12ClNO3S2. The lowest BCUT2D eigenvalue weighted by atomic mass is 10.3. The van der Waals surface area contributed by atoms with Crippen LogP contribution in [0.1, 0.15) is 6.92 Å². The van der Waals surface area contributed by atoms with Crippen molar-refractivity contribution in [2.75, 3.05) is 18.1 Å². The SMILES string of the molecule is CCOC(=S)N[C@@H]1CS(=O)(=O)C[C@@H]1Cl. The summed E-state index contributed by atoms with van der Waals surface area (Å²) in [5.74, 6) is 0.0232. The number of hydrogen-bond acceptors (Lipinski definition) is 4. The maximum Gasteiger partial charge on any atom is 0.256 e. The molecule has 1 heterocycles. The van der Waals surface area contributed by atoms with E-state index in [0.717, 1.165) is 0 Å². The highest BCUT2D eigenvalue weighted by Gasteiger charge is 2.36. The first-order valence-electron chi connectivity index (χ1n) is 4.22. The van der Waals surface area contributed by atoms with E-state index in [1.54, 1.807) is 6.92 Å². The minimum absolute atomic E-state index is 0.000953. The van der Waals surface area contributed by atoms with E-state index in [1.807, 2.05) is 0 Å². The average molecular weight is 258 g/mol. The first-order chi connectivity index (χ1) is 6.44. The molecule has 0 amide bonds. The Bertz CT molecular complexity index is 317. The summed E-state index contributed by atoms with van der Waals surface area (Å²) in [6, 6.07) is -0.333. The Morgan fingerprint density at radius 3 is 2.71 bits per heavy atom. The van der Waals surface area contributed by atoms with Crippen molar-refractivity contribution >= 4 is 38.8 Å². The fourth-order valence-electron chi connectivity index (χ4n) is 1.26. The molecule has 0 saturated carbocycles. The summed E-state index contributed by atoms with van der Waals surface area (Å²) in [5.41, 5.74) is 0. The predicted molar refractivity (Wildman–Crippen MR) is 59.4 cm³/mol. The summed E-state index contributed by atoms with van der Waals surface area (Å²) in [5, 5.41) is 2.56. The summed E-state index contributed by atoms with van der Waals surface area (Å²) in [6.45, 7) is 2.26. The van der Waals surface area contributed by atoms with E-state index in [-0.39, 0.29) is 22.7 Å². The molecule has 0 unspecified atom stereocenters. The lowest BCUT2D eigenvalue weighted by molar-refractivity contribution is 0.316. The highest BCUT2D eigenvalue weighted by Crippen LogP contribution is 2.17. The van der Waals surface area contributed by atoms with E-state index >= 15 is 0 Å². The van der Waals surface area contributed by atoms with Crippen molar-refractivity contribution in [3.05, 3.63) is 0 Å². The van der Waals surface area contributed by atoms with E-state index in [9.17, 15) is 8.42 Å². The fraction of sp³-hybridized carbons (Fsp3) is 0.857. The molecule has 0 aliphatic carbocycles. The Kier molecular flexibility index (Phi) is 3.97. The number of hydrogen-bond donors (Lipinski definition) is 1. The van der Waals surface area contributed by atoms with Gasteiger partial charge < -0.3 is 10.1 Å². The van der Waals surface area contributed by atoms with Crippen LogP contribution in [0, 0.1) is 0 Å². The second-order valence-electron chi connectivity index (χ2n) is 3.06. The van der Waals surface area contributed by atoms with Crippen LogP contribution in [-0.4, -0.2) is 43.1 Å². The van der Waals surface area contributed by atoms with Gasteiger partial charge in [0, 0.05) is 0 Å². The first kappa shape index (κ1) is 12.0. The van der Waals surface area contributed by atoms with E-state index in [4.69, 9.17) is 28.6 Å². The third-order valence-corrected chi connectivity index (χ3v) is 4.47. The topological polar surface area (TPSA) is 55.4 Å². The van der Waals surface area contributed by atoms with Gasteiger partial charge in [-0.05, 0) is 19.1 Å². The predicted octanol–water partition coefficient (Wildman–Crippen LogP) is 0.302. The van der Waals surface area contributed by atoms with Crippen molar-refractivity contribution in [1.82, 2.24) is 5.32 Å². The Morgan fingerprint density at radius 1 is 1.64 bits per heavy atom. The lowest BCUT2D eigenvalue weighted by Crippen LogP contribution is -2.40. The number of halogens is 1. The zero-order valence-corrected chi connectivity index (χ0v) is 10.1. The Balaban J connectivity index is 2.51. The van der Waals surface area contributed by atoms with Gasteiger partial charge in [0.1, 0.15) is 0 Å². The lowest BCUT2D eigenvalue weighted by Gasteiger charge is -2.15. The largest absolute Gasteiger partial charge is 0.471 e. The van der Waals surface area contributed by atoms with Crippen LogP contribution in [0.4, 0.5) is 0 Å². The van der Waals surface area contributed by atoms with Crippen molar-refractivity contribution in [1.29, 1.82) is 0 Å². The summed E-state index contributed by atoms with van der Waals surface area (Å²) in [6.07, 6.45) is 0. The molecule has 14 heavy (non-hydrogen) atoms. The number of sulfone groups is 1. The third kappa shape index (κ3) is 3.25. The normalized spacial score (nSPS) is 29.9. The van der Waals surface area contributed by atoms with Crippen LogP contribution in [0.3, 0.4) is 0 Å². The molecule has 82 valence electrons. The van der Waals surface area contributed by atoms with E-state index in [2.05, 4.69) is 5.32 Å². The van der Waals surface area contributed by atoms with Crippen molar-refractivity contribution in [3.63, 3.8) is 0 Å². The van der Waals surface area contributed by atoms with Crippen LogP contribution < -0.4 is 5.32 Å². The molecule has 2 atom stereocenters. The van der Waals surface area contributed by atoms with Crippen LogP contribution in [0.25, 0.3) is 0 Å². The maximum atomic E-state index is 11.2. The monoisotopic (exact) mass is 257 g/mol. The second kappa shape index (κ2) is 4.63. The smallest absolute Gasteiger partial charge is 0.256 e. The number of rotatable bonds is 2. The molecule has 1 fully saturated rings. The highest BCUT2D eigenvalue weighted by atomic mass is 35.5. The van der Waals surface area contributed by atoms with Gasteiger partial charge in [-0.25, -0.2) is 8.42 Å². The molecule has 1 rings (SSSR count). The van der Waals surface area contributed by atoms with Gasteiger partial charge in [0.15, 0.2) is 9.84 Å². The molecule has 0 radical (unpaired) electrons. The molecular weight excluding hydrogens is 246 g/mol. The van der Waals surface area contributed by atoms with Gasteiger partial charge in [0.25, 0.3) is 5.17 Å².